The second-order valence-electron chi connectivity index (χ2n) is 13.0. The average Bonchev–Trinajstić information content (AvgIpc) is 3.72. The number of aryl methyl sites for hydroxylation is 1. The molecule has 1 N–H and O–H groups in total. The highest BCUT2D eigenvalue weighted by atomic mass is 19.4. The fourth-order valence-electron chi connectivity index (χ4n) is 7.15. The predicted octanol–water partition coefficient (Wildman–Crippen LogP) is 4.22. The van der Waals surface area contributed by atoms with Gasteiger partial charge in [-0.1, -0.05) is 42.5 Å². The van der Waals surface area contributed by atoms with Crippen molar-refractivity contribution in [2.45, 2.75) is 44.9 Å². The van der Waals surface area contributed by atoms with Crippen LogP contribution in [-0.4, -0.2) is 79.6 Å². The quantitative estimate of drug-likeness (QED) is 0.249. The SMILES string of the molecule is Cc1nc(N2CCN(Cc3ccc(Cc4ccc5c6c(cccc46)C(=O)N5C4CCC(=O)NC4=O)cc3)CC2)cc(-n2cnc(C(F)(F)F)n2)n1. The van der Waals surface area contributed by atoms with E-state index in [0.29, 0.717) is 48.8 Å². The van der Waals surface area contributed by atoms with Crippen LogP contribution >= 0.6 is 0 Å². The second kappa shape index (κ2) is 12.6. The fraction of sp³-hybridized carbons (Fsp3) is 0.306. The van der Waals surface area contributed by atoms with Crippen LogP contribution in [-0.2, 0) is 28.7 Å². The maximum Gasteiger partial charge on any atom is 0.453 e. The monoisotopic (exact) mass is 695 g/mol. The van der Waals surface area contributed by atoms with E-state index in [1.165, 1.54) is 5.56 Å². The van der Waals surface area contributed by atoms with E-state index in [1.807, 2.05) is 24.3 Å². The zero-order valence-corrected chi connectivity index (χ0v) is 27.5. The van der Waals surface area contributed by atoms with E-state index in [0.717, 1.165) is 52.5 Å². The van der Waals surface area contributed by atoms with Gasteiger partial charge in [-0.25, -0.2) is 19.6 Å². The Morgan fingerprint density at radius 3 is 2.37 bits per heavy atom. The first-order valence-electron chi connectivity index (χ1n) is 16.6. The summed E-state index contributed by atoms with van der Waals surface area (Å²) >= 11 is 0. The summed E-state index contributed by atoms with van der Waals surface area (Å²) in [5.41, 5.74) is 4.63. The van der Waals surface area contributed by atoms with Crippen molar-refractivity contribution in [2.75, 3.05) is 36.0 Å². The molecule has 3 aromatic carbocycles. The molecule has 0 bridgehead atoms. The molecule has 1 atom stereocenters. The Labute approximate surface area is 289 Å². The van der Waals surface area contributed by atoms with E-state index >= 15 is 0 Å². The smallest absolute Gasteiger partial charge is 0.354 e. The Morgan fingerprint density at radius 1 is 0.902 bits per heavy atom. The number of nitrogens with one attached hydrogen (secondary N) is 1. The van der Waals surface area contributed by atoms with E-state index in [9.17, 15) is 27.6 Å². The van der Waals surface area contributed by atoms with Gasteiger partial charge in [0, 0.05) is 56.2 Å². The molecule has 15 heteroatoms. The topological polar surface area (TPSA) is 129 Å². The number of carbonyl (C=O) groups is 3. The van der Waals surface area contributed by atoms with Crippen molar-refractivity contribution in [2.24, 2.45) is 0 Å². The summed E-state index contributed by atoms with van der Waals surface area (Å²) in [5, 5.41) is 7.72. The Hall–Kier alpha value is -5.70. The maximum atomic E-state index is 13.5. The molecule has 0 radical (unpaired) electrons. The summed E-state index contributed by atoms with van der Waals surface area (Å²) in [4.78, 5) is 56.0. The number of rotatable bonds is 7. The number of carbonyl (C=O) groups excluding carboxylic acids is 3. The highest BCUT2D eigenvalue weighted by molar-refractivity contribution is 6.27. The summed E-state index contributed by atoms with van der Waals surface area (Å²) in [5.74, 6) is -0.933. The van der Waals surface area contributed by atoms with Crippen molar-refractivity contribution in [3.05, 3.63) is 101 Å². The van der Waals surface area contributed by atoms with Crippen LogP contribution in [0.25, 0.3) is 16.6 Å². The van der Waals surface area contributed by atoms with Crippen LogP contribution in [0.3, 0.4) is 0 Å². The molecular formula is C36H32F3N9O3. The molecule has 0 spiro atoms. The Kier molecular flexibility index (Phi) is 8.01. The van der Waals surface area contributed by atoms with Crippen molar-refractivity contribution in [3.63, 3.8) is 0 Å². The van der Waals surface area contributed by atoms with E-state index in [4.69, 9.17) is 0 Å². The van der Waals surface area contributed by atoms with E-state index < -0.39 is 23.9 Å². The van der Waals surface area contributed by atoms with Gasteiger partial charge >= 0.3 is 6.18 Å². The molecule has 51 heavy (non-hydrogen) atoms. The lowest BCUT2D eigenvalue weighted by Crippen LogP contribution is -2.53. The molecule has 5 aromatic rings. The number of anilines is 2. The van der Waals surface area contributed by atoms with Gasteiger partial charge in [0.25, 0.3) is 11.7 Å². The third-order valence-corrected chi connectivity index (χ3v) is 9.65. The molecule has 1 unspecified atom stereocenters. The Bertz CT molecular complexity index is 2190. The molecule has 3 aliphatic heterocycles. The lowest BCUT2D eigenvalue weighted by atomic mass is 9.95. The zero-order chi connectivity index (χ0) is 35.4. The van der Waals surface area contributed by atoms with Gasteiger partial charge in [-0.2, -0.15) is 13.2 Å². The van der Waals surface area contributed by atoms with Gasteiger partial charge in [0.2, 0.25) is 11.8 Å². The minimum atomic E-state index is -4.64. The fourth-order valence-corrected chi connectivity index (χ4v) is 7.15. The van der Waals surface area contributed by atoms with Gasteiger partial charge in [-0.3, -0.25) is 29.5 Å². The van der Waals surface area contributed by atoms with Crippen molar-refractivity contribution in [3.8, 4) is 5.82 Å². The third kappa shape index (κ3) is 6.17. The van der Waals surface area contributed by atoms with Crippen molar-refractivity contribution >= 4 is 40.0 Å². The molecule has 3 amide bonds. The van der Waals surface area contributed by atoms with Gasteiger partial charge in [0.05, 0.1) is 5.69 Å². The molecule has 3 aliphatic rings. The molecule has 0 aliphatic carbocycles. The molecule has 2 saturated heterocycles. The first-order valence-corrected chi connectivity index (χ1v) is 16.6. The minimum absolute atomic E-state index is 0.194. The van der Waals surface area contributed by atoms with Crippen LogP contribution in [0.4, 0.5) is 24.7 Å². The standard InChI is InChI=1S/C36H32F3N9O3/c1-21-41-29(18-30(42-21)47-20-40-35(44-47)36(37,38)39)46-15-13-45(14-16-46)19-23-7-5-22(6-8-23)17-24-9-10-27-32-25(24)3-2-4-26(32)34(51)48(27)28-11-12-31(49)43-33(28)50/h2-10,18,20,28H,11-17,19H2,1H3,(H,43,49,50). The second-order valence-corrected chi connectivity index (χ2v) is 13.0. The number of alkyl halides is 3. The van der Waals surface area contributed by atoms with Gasteiger partial charge < -0.3 is 4.90 Å². The summed E-state index contributed by atoms with van der Waals surface area (Å²) in [6, 6.07) is 19.0. The zero-order valence-electron chi connectivity index (χ0n) is 27.5. The highest BCUT2D eigenvalue weighted by Crippen LogP contribution is 2.41. The normalized spacial score (nSPS) is 18.2. The molecule has 2 aromatic heterocycles. The molecular weight excluding hydrogens is 663 g/mol. The molecule has 260 valence electrons. The third-order valence-electron chi connectivity index (χ3n) is 9.65. The van der Waals surface area contributed by atoms with E-state index in [1.54, 1.807) is 24.0 Å². The van der Waals surface area contributed by atoms with Crippen molar-refractivity contribution in [1.29, 1.82) is 0 Å². The lowest BCUT2D eigenvalue weighted by Gasteiger charge is -2.35. The van der Waals surface area contributed by atoms with Crippen molar-refractivity contribution < 1.29 is 27.6 Å². The number of benzene rings is 3. The summed E-state index contributed by atoms with van der Waals surface area (Å²) in [6.07, 6.45) is -2.48. The van der Waals surface area contributed by atoms with Gasteiger partial charge in [0.15, 0.2) is 5.82 Å². The number of hydrogen-bond donors (Lipinski definition) is 1. The number of amides is 3. The van der Waals surface area contributed by atoms with Crippen LogP contribution in [0.15, 0.2) is 67.0 Å². The first-order chi connectivity index (χ1) is 24.5. The number of imide groups is 1. The Morgan fingerprint density at radius 2 is 1.65 bits per heavy atom. The Balaban J connectivity index is 0.916. The van der Waals surface area contributed by atoms with Crippen LogP contribution in [0, 0.1) is 6.92 Å². The van der Waals surface area contributed by atoms with Gasteiger partial charge in [-0.15, -0.1) is 5.10 Å². The van der Waals surface area contributed by atoms with Gasteiger partial charge in [0.1, 0.15) is 24.0 Å². The van der Waals surface area contributed by atoms with Crippen LogP contribution in [0.2, 0.25) is 0 Å². The molecule has 8 rings (SSSR count). The van der Waals surface area contributed by atoms with Crippen molar-refractivity contribution in [1.82, 2.24) is 34.9 Å². The number of aromatic nitrogens is 5. The number of nitrogens with zero attached hydrogens (tertiary/aromatic N) is 8. The lowest BCUT2D eigenvalue weighted by molar-refractivity contribution is -0.145. The van der Waals surface area contributed by atoms with E-state index in [2.05, 4.69) is 59.4 Å². The number of halogens is 3. The largest absolute Gasteiger partial charge is 0.453 e. The number of hydrogen-bond acceptors (Lipinski definition) is 9. The molecule has 5 heterocycles. The minimum Gasteiger partial charge on any atom is -0.354 e. The summed E-state index contributed by atoms with van der Waals surface area (Å²) in [7, 11) is 0. The molecule has 0 saturated carbocycles. The van der Waals surface area contributed by atoms with Crippen LogP contribution in [0.1, 0.15) is 51.5 Å². The number of piperidine rings is 1. The molecule has 12 nitrogen and oxygen atoms in total. The van der Waals surface area contributed by atoms with Crippen LogP contribution < -0.4 is 15.1 Å². The van der Waals surface area contributed by atoms with Gasteiger partial charge in [-0.05, 0) is 54.0 Å². The van der Waals surface area contributed by atoms with E-state index in [-0.39, 0.29) is 24.1 Å². The van der Waals surface area contributed by atoms with Crippen LogP contribution in [0.5, 0.6) is 0 Å². The summed E-state index contributed by atoms with van der Waals surface area (Å²) in [6.45, 7) is 5.38. The predicted molar refractivity (Wildman–Crippen MR) is 180 cm³/mol. The molecule has 2 fully saturated rings. The number of piperazine rings is 1. The maximum absolute atomic E-state index is 13.5. The highest BCUT2D eigenvalue weighted by Gasteiger charge is 2.41. The first kappa shape index (κ1) is 32.5. The summed E-state index contributed by atoms with van der Waals surface area (Å²) < 4.78 is 40.1. The average molecular weight is 696 g/mol.